The lowest BCUT2D eigenvalue weighted by molar-refractivity contribution is 0.196. The molecule has 5 nitrogen and oxygen atoms in total. The highest BCUT2D eigenvalue weighted by molar-refractivity contribution is 7.13. The molecule has 2 heterocycles. The van der Waals surface area contributed by atoms with E-state index in [0.29, 0.717) is 30.2 Å². The Labute approximate surface area is 177 Å². The highest BCUT2D eigenvalue weighted by Gasteiger charge is 2.13. The fourth-order valence-corrected chi connectivity index (χ4v) is 3.93. The van der Waals surface area contributed by atoms with Crippen LogP contribution in [0.3, 0.4) is 0 Å². The Kier molecular flexibility index (Phi) is 5.94. The number of nitrogens with zero attached hydrogens (tertiary/aromatic N) is 3. The van der Waals surface area contributed by atoms with Gasteiger partial charge in [-0.15, -0.1) is 11.3 Å². The first kappa shape index (κ1) is 19.6. The Morgan fingerprint density at radius 2 is 1.83 bits per heavy atom. The van der Waals surface area contributed by atoms with Crippen LogP contribution in [0.1, 0.15) is 0 Å². The molecule has 0 saturated heterocycles. The quantitative estimate of drug-likeness (QED) is 0.429. The fraction of sp³-hybridized carbons (Fsp3) is 0.182. The van der Waals surface area contributed by atoms with E-state index in [-0.39, 0.29) is 5.56 Å². The van der Waals surface area contributed by atoms with E-state index < -0.39 is 0 Å². The third-order valence-electron chi connectivity index (χ3n) is 4.55. The highest BCUT2D eigenvalue weighted by atomic mass is 35.5. The predicted molar refractivity (Wildman–Crippen MR) is 119 cm³/mol. The van der Waals surface area contributed by atoms with Crippen molar-refractivity contribution in [2.24, 2.45) is 0 Å². The molecule has 0 N–H and O–H groups in total. The normalized spacial score (nSPS) is 11.3. The standard InChI is InChI=1S/C22H20ClN3O2S/c1-25(12-13-28-17-10-8-16(23)9-11-17)15-26-22(27)19-6-3-2-5-18(19)21(24-26)20-7-4-14-29-20/h2-11,14H,12-13,15H2,1H3. The first-order valence-corrected chi connectivity index (χ1v) is 10.5. The van der Waals surface area contributed by atoms with Crippen molar-refractivity contribution in [2.45, 2.75) is 6.67 Å². The lowest BCUT2D eigenvalue weighted by atomic mass is 10.1. The Bertz CT molecular complexity index is 1160. The van der Waals surface area contributed by atoms with Crippen molar-refractivity contribution in [3.63, 3.8) is 0 Å². The summed E-state index contributed by atoms with van der Waals surface area (Å²) in [6.45, 7) is 1.53. The van der Waals surface area contributed by atoms with E-state index in [1.807, 2.05) is 65.9 Å². The molecule has 0 spiro atoms. The van der Waals surface area contributed by atoms with Gasteiger partial charge in [0.15, 0.2) is 0 Å². The molecule has 2 aromatic heterocycles. The molecule has 4 rings (SSSR count). The zero-order valence-corrected chi connectivity index (χ0v) is 17.5. The molecular weight excluding hydrogens is 406 g/mol. The molecular formula is C22H20ClN3O2S. The van der Waals surface area contributed by atoms with Crippen LogP contribution < -0.4 is 10.3 Å². The maximum atomic E-state index is 12.9. The third-order valence-corrected chi connectivity index (χ3v) is 5.68. The zero-order valence-electron chi connectivity index (χ0n) is 15.9. The monoisotopic (exact) mass is 425 g/mol. The number of hydrogen-bond acceptors (Lipinski definition) is 5. The largest absolute Gasteiger partial charge is 0.492 e. The van der Waals surface area contributed by atoms with Crippen LogP contribution in [-0.2, 0) is 6.67 Å². The number of benzene rings is 2. The molecule has 0 aliphatic carbocycles. The molecule has 0 aliphatic heterocycles. The molecule has 0 bridgehead atoms. The topological polar surface area (TPSA) is 47.4 Å². The maximum Gasteiger partial charge on any atom is 0.275 e. The van der Waals surface area contributed by atoms with Crippen LogP contribution in [-0.4, -0.2) is 34.9 Å². The number of thiophene rings is 1. The van der Waals surface area contributed by atoms with E-state index in [1.165, 1.54) is 4.68 Å². The van der Waals surface area contributed by atoms with Crippen LogP contribution >= 0.6 is 22.9 Å². The van der Waals surface area contributed by atoms with Gasteiger partial charge in [0.1, 0.15) is 18.1 Å². The number of hydrogen-bond donors (Lipinski definition) is 0. The first-order chi connectivity index (χ1) is 14.1. The minimum absolute atomic E-state index is 0.0913. The van der Waals surface area contributed by atoms with Gasteiger partial charge in [-0.2, -0.15) is 5.10 Å². The molecule has 0 atom stereocenters. The van der Waals surface area contributed by atoms with Crippen LogP contribution in [0.5, 0.6) is 5.75 Å². The first-order valence-electron chi connectivity index (χ1n) is 9.22. The van der Waals surface area contributed by atoms with Crippen molar-refractivity contribution in [1.29, 1.82) is 0 Å². The summed E-state index contributed by atoms with van der Waals surface area (Å²) in [5, 5.41) is 8.93. The van der Waals surface area contributed by atoms with E-state index in [9.17, 15) is 4.79 Å². The average Bonchev–Trinajstić information content (AvgIpc) is 3.26. The van der Waals surface area contributed by atoms with Crippen molar-refractivity contribution in [2.75, 3.05) is 20.2 Å². The lowest BCUT2D eigenvalue weighted by Gasteiger charge is -2.19. The molecule has 29 heavy (non-hydrogen) atoms. The predicted octanol–water partition coefficient (Wildman–Crippen LogP) is 4.75. The van der Waals surface area contributed by atoms with E-state index in [4.69, 9.17) is 16.3 Å². The minimum atomic E-state index is -0.0913. The highest BCUT2D eigenvalue weighted by Crippen LogP contribution is 2.28. The zero-order chi connectivity index (χ0) is 20.2. The average molecular weight is 426 g/mol. The van der Waals surface area contributed by atoms with Crippen molar-refractivity contribution in [1.82, 2.24) is 14.7 Å². The fourth-order valence-electron chi connectivity index (χ4n) is 3.08. The van der Waals surface area contributed by atoms with Gasteiger partial charge in [-0.1, -0.05) is 35.9 Å². The summed E-state index contributed by atoms with van der Waals surface area (Å²) in [5.41, 5.74) is 0.743. The maximum absolute atomic E-state index is 12.9. The molecule has 0 aliphatic rings. The third kappa shape index (κ3) is 4.50. The van der Waals surface area contributed by atoms with E-state index in [0.717, 1.165) is 21.7 Å². The summed E-state index contributed by atoms with van der Waals surface area (Å²) < 4.78 is 7.27. The molecule has 0 unspecified atom stereocenters. The second-order valence-corrected chi connectivity index (χ2v) is 8.08. The Hall–Kier alpha value is -2.67. The second-order valence-electron chi connectivity index (χ2n) is 6.70. The smallest absolute Gasteiger partial charge is 0.275 e. The Balaban J connectivity index is 1.52. The van der Waals surface area contributed by atoms with Crippen LogP contribution in [0, 0.1) is 0 Å². The van der Waals surface area contributed by atoms with Crippen LogP contribution in [0.4, 0.5) is 0 Å². The molecule has 4 aromatic rings. The summed E-state index contributed by atoms with van der Waals surface area (Å²) in [6.07, 6.45) is 0. The second kappa shape index (κ2) is 8.78. The minimum Gasteiger partial charge on any atom is -0.492 e. The Morgan fingerprint density at radius 3 is 2.55 bits per heavy atom. The number of likely N-dealkylation sites (N-methyl/N-ethyl adjacent to an activating group) is 1. The summed E-state index contributed by atoms with van der Waals surface area (Å²) in [7, 11) is 1.94. The number of fused-ring (bicyclic) bond motifs is 1. The van der Waals surface area contributed by atoms with Crippen molar-refractivity contribution in [3.05, 3.63) is 81.4 Å². The Morgan fingerprint density at radius 1 is 1.07 bits per heavy atom. The number of halogens is 1. The van der Waals surface area contributed by atoms with Crippen LogP contribution in [0.15, 0.2) is 70.8 Å². The van der Waals surface area contributed by atoms with Crippen molar-refractivity contribution in [3.8, 4) is 16.3 Å². The van der Waals surface area contributed by atoms with Gasteiger partial charge in [0.2, 0.25) is 0 Å². The molecule has 0 saturated carbocycles. The number of rotatable bonds is 7. The van der Waals surface area contributed by atoms with Crippen LogP contribution in [0.25, 0.3) is 21.3 Å². The lowest BCUT2D eigenvalue weighted by Crippen LogP contribution is -2.34. The molecule has 0 amide bonds. The van der Waals surface area contributed by atoms with Gasteiger partial charge in [-0.05, 0) is 48.8 Å². The van der Waals surface area contributed by atoms with Crippen molar-refractivity contribution >= 4 is 33.7 Å². The van der Waals surface area contributed by atoms with Gasteiger partial charge in [0, 0.05) is 17.0 Å². The summed E-state index contributed by atoms with van der Waals surface area (Å²) >= 11 is 7.51. The molecule has 0 radical (unpaired) electrons. The van der Waals surface area contributed by atoms with Gasteiger partial charge in [-0.3, -0.25) is 9.69 Å². The SMILES string of the molecule is CN(CCOc1ccc(Cl)cc1)Cn1nc(-c2cccs2)c2ccccc2c1=O. The van der Waals surface area contributed by atoms with Gasteiger partial charge < -0.3 is 4.74 Å². The van der Waals surface area contributed by atoms with E-state index in [2.05, 4.69) is 5.10 Å². The van der Waals surface area contributed by atoms with E-state index >= 15 is 0 Å². The summed E-state index contributed by atoms with van der Waals surface area (Å²) in [6, 6.07) is 18.9. The summed E-state index contributed by atoms with van der Waals surface area (Å²) in [4.78, 5) is 16.0. The number of aromatic nitrogens is 2. The van der Waals surface area contributed by atoms with Crippen molar-refractivity contribution < 1.29 is 4.74 Å². The van der Waals surface area contributed by atoms with Gasteiger partial charge in [0.25, 0.3) is 5.56 Å². The molecule has 7 heteroatoms. The van der Waals surface area contributed by atoms with Gasteiger partial charge >= 0.3 is 0 Å². The van der Waals surface area contributed by atoms with Gasteiger partial charge in [-0.25, -0.2) is 4.68 Å². The van der Waals surface area contributed by atoms with Gasteiger partial charge in [0.05, 0.1) is 16.9 Å². The molecule has 148 valence electrons. The molecule has 2 aromatic carbocycles. The van der Waals surface area contributed by atoms with Crippen LogP contribution in [0.2, 0.25) is 5.02 Å². The molecule has 0 fully saturated rings. The summed E-state index contributed by atoms with van der Waals surface area (Å²) in [5.74, 6) is 0.767. The van der Waals surface area contributed by atoms with E-state index in [1.54, 1.807) is 23.5 Å². The number of ether oxygens (including phenoxy) is 1.